The number of halogens is 2. The Morgan fingerprint density at radius 3 is 2.14 bits per heavy atom. The first kappa shape index (κ1) is 16.5. The first-order valence-corrected chi connectivity index (χ1v) is 6.96. The molecule has 0 amide bonds. The van der Waals surface area contributed by atoms with Crippen molar-refractivity contribution in [3.05, 3.63) is 35.6 Å². The van der Waals surface area contributed by atoms with Crippen molar-refractivity contribution in [2.24, 2.45) is 0 Å². The molecule has 4 heteroatoms. The molecule has 0 heterocycles. The Labute approximate surface area is 98.9 Å². The van der Waals surface area contributed by atoms with E-state index in [-0.39, 0.29) is 16.7 Å². The molecule has 0 fully saturated rings. The molecule has 1 rings (SSSR count). The molecule has 1 aromatic carbocycles. The van der Waals surface area contributed by atoms with Crippen LogP contribution < -0.4 is 0 Å². The summed E-state index contributed by atoms with van der Waals surface area (Å²) in [7, 11) is 4.67. The minimum atomic E-state index is -0.167. The van der Waals surface area contributed by atoms with Gasteiger partial charge in [-0.15, -0.1) is 11.6 Å². The van der Waals surface area contributed by atoms with E-state index in [1.165, 1.54) is 23.7 Å². The van der Waals surface area contributed by atoms with Crippen molar-refractivity contribution < 1.29 is 27.5 Å². The van der Waals surface area contributed by atoms with Gasteiger partial charge in [-0.2, -0.15) is 18.2 Å². The summed E-state index contributed by atoms with van der Waals surface area (Å²) in [6, 6.07) is 7.59. The summed E-state index contributed by atoms with van der Waals surface area (Å²) in [6.45, 7) is 5.97. The van der Waals surface area contributed by atoms with Gasteiger partial charge in [0.25, 0.3) is 0 Å². The second-order valence-corrected chi connectivity index (χ2v) is 3.66. The summed E-state index contributed by atoms with van der Waals surface area (Å²) in [6.07, 6.45) is 0. The maximum atomic E-state index is 13.1. The normalized spacial score (nSPS) is 9.57. The van der Waals surface area contributed by atoms with Gasteiger partial charge in [0, 0.05) is 5.82 Å². The Kier molecular flexibility index (Phi) is 8.64. The van der Waals surface area contributed by atoms with Crippen LogP contribution in [-0.4, -0.2) is 5.48 Å². The Morgan fingerprint density at radius 2 is 1.86 bits per heavy atom. The zero-order chi connectivity index (χ0) is 10.5. The topological polar surface area (TPSA) is 31.5 Å². The van der Waals surface area contributed by atoms with Crippen LogP contribution in [0.2, 0.25) is 0 Å². The van der Waals surface area contributed by atoms with Crippen molar-refractivity contribution >= 4 is 9.64 Å². The fourth-order valence-electron chi connectivity index (χ4n) is 1.02. The fourth-order valence-corrected chi connectivity index (χ4v) is 1.02. The molecular weight excluding hydrogens is 381 g/mol. The summed E-state index contributed by atoms with van der Waals surface area (Å²) in [4.78, 5) is 0. The van der Waals surface area contributed by atoms with Gasteiger partial charge in [-0.25, -0.2) is 0 Å². The van der Waals surface area contributed by atoms with Crippen LogP contribution in [0.15, 0.2) is 18.2 Å². The molecule has 83 valence electrons. The van der Waals surface area contributed by atoms with E-state index in [1.54, 1.807) is 12.1 Å². The molecule has 1 nitrogen and oxygen atoms in total. The van der Waals surface area contributed by atoms with Crippen molar-refractivity contribution in [3.8, 4) is 0 Å². The Bertz CT molecular complexity index is 261. The first-order valence-electron chi connectivity index (χ1n) is 3.81. The van der Waals surface area contributed by atoms with Crippen LogP contribution in [0.3, 0.4) is 0 Å². The predicted octanol–water partition coefficient (Wildman–Crippen LogP) is 2.79. The van der Waals surface area contributed by atoms with E-state index in [9.17, 15) is 4.39 Å². The van der Waals surface area contributed by atoms with Crippen LogP contribution in [0.5, 0.6) is 0 Å². The predicted molar refractivity (Wildman–Crippen MR) is 53.4 cm³/mol. The summed E-state index contributed by atoms with van der Waals surface area (Å²) in [5, 5.41) is 0. The Balaban J connectivity index is 0. The molecule has 0 aliphatic rings. The average Bonchev–Trinajstić information content (AvgIpc) is 2.07. The summed E-state index contributed by atoms with van der Waals surface area (Å²) < 4.78 is 13.1. The third kappa shape index (κ3) is 5.05. The molecule has 0 saturated heterocycles. The fraction of sp³-hybridized carbons (Fsp3) is 0.400. The molecule has 0 radical (unpaired) electrons. The van der Waals surface area contributed by atoms with Gasteiger partial charge in [-0.05, 0) is 5.41 Å². The van der Waals surface area contributed by atoms with Crippen LogP contribution >= 0.6 is 9.64 Å². The molecular formula is C10H14ClFOOs-. The van der Waals surface area contributed by atoms with E-state index in [2.05, 4.69) is 15.7 Å². The second-order valence-electron chi connectivity index (χ2n) is 3.66. The maximum absolute atomic E-state index is 13.1. The third-order valence-corrected chi connectivity index (χ3v) is 1.62. The quantitative estimate of drug-likeness (QED) is 0.606. The molecule has 0 bridgehead atoms. The van der Waals surface area contributed by atoms with Crippen molar-refractivity contribution in [2.75, 3.05) is 0 Å². The Hall–Kier alpha value is 0.0364. The van der Waals surface area contributed by atoms with Crippen LogP contribution in [0.1, 0.15) is 26.3 Å². The molecule has 0 spiro atoms. The molecule has 2 N–H and O–H groups in total. The molecule has 0 aromatic heterocycles. The molecule has 1 aromatic rings. The summed E-state index contributed by atoms with van der Waals surface area (Å²) in [5.74, 6) is -0.167. The van der Waals surface area contributed by atoms with Gasteiger partial charge >= 0.3 is 27.2 Å². The van der Waals surface area contributed by atoms with Crippen LogP contribution in [0.4, 0.5) is 4.39 Å². The standard InChI is InChI=1S/C10H12F.ClH.H2O.Os/c1-10(2,3)8-6-4-5-7-9(8)11;;;/h4,6-7H,1-3H3;1H;1H2;/q-1;;;+1/p-1. The van der Waals surface area contributed by atoms with E-state index in [1.807, 2.05) is 20.8 Å². The first-order chi connectivity index (χ1) is 6.02. The van der Waals surface area contributed by atoms with Crippen molar-refractivity contribution in [3.63, 3.8) is 0 Å². The van der Waals surface area contributed by atoms with Crippen LogP contribution in [0, 0.1) is 11.9 Å². The van der Waals surface area contributed by atoms with Gasteiger partial charge < -0.3 is 5.48 Å². The Morgan fingerprint density at radius 1 is 1.36 bits per heavy atom. The van der Waals surface area contributed by atoms with Crippen LogP contribution in [0.25, 0.3) is 0 Å². The van der Waals surface area contributed by atoms with Gasteiger partial charge in [0.2, 0.25) is 0 Å². The molecule has 14 heavy (non-hydrogen) atoms. The minimum absolute atomic E-state index is 0. The van der Waals surface area contributed by atoms with E-state index in [4.69, 9.17) is 0 Å². The molecule has 0 unspecified atom stereocenters. The van der Waals surface area contributed by atoms with Gasteiger partial charge in [-0.1, -0.05) is 20.8 Å². The number of hydrogen-bond acceptors (Lipinski definition) is 0. The van der Waals surface area contributed by atoms with E-state index < -0.39 is 0 Å². The zero-order valence-corrected chi connectivity index (χ0v) is 11.6. The summed E-state index contributed by atoms with van der Waals surface area (Å²) >= 11 is 1.33. The van der Waals surface area contributed by atoms with E-state index >= 15 is 0 Å². The van der Waals surface area contributed by atoms with E-state index in [0.717, 1.165) is 5.56 Å². The van der Waals surface area contributed by atoms with Gasteiger partial charge in [0.05, 0.1) is 0 Å². The molecule has 0 atom stereocenters. The second kappa shape index (κ2) is 7.34. The van der Waals surface area contributed by atoms with Crippen molar-refractivity contribution in [1.29, 1.82) is 0 Å². The zero-order valence-electron chi connectivity index (χ0n) is 8.34. The van der Waals surface area contributed by atoms with E-state index in [0.29, 0.717) is 0 Å². The monoisotopic (exact) mass is 396 g/mol. The number of benzene rings is 1. The van der Waals surface area contributed by atoms with Gasteiger partial charge in [-0.3, -0.25) is 4.39 Å². The molecule has 0 aliphatic heterocycles. The average molecular weight is 395 g/mol. The van der Waals surface area contributed by atoms with Gasteiger partial charge in [0.1, 0.15) is 0 Å². The SMILES string of the molecule is CC(C)(C)c1cc[c-]cc1F.O.[Cl][Os]. The molecule has 0 aliphatic carbocycles. The number of hydrogen-bond donors (Lipinski definition) is 0. The van der Waals surface area contributed by atoms with Crippen molar-refractivity contribution in [2.45, 2.75) is 26.2 Å². The summed E-state index contributed by atoms with van der Waals surface area (Å²) in [5.41, 5.74) is 0.635. The molecule has 0 saturated carbocycles. The third-order valence-electron chi connectivity index (χ3n) is 1.62. The van der Waals surface area contributed by atoms with Crippen molar-refractivity contribution in [1.82, 2.24) is 0 Å². The van der Waals surface area contributed by atoms with Crippen LogP contribution in [-0.2, 0) is 23.0 Å². The number of rotatable bonds is 0. The van der Waals surface area contributed by atoms with Gasteiger partial charge in [0.15, 0.2) is 0 Å².